The third-order valence-electron chi connectivity index (χ3n) is 3.76. The fourth-order valence-electron chi connectivity index (χ4n) is 2.86. The number of ketones is 2. The van der Waals surface area contributed by atoms with E-state index >= 15 is 0 Å². The lowest BCUT2D eigenvalue weighted by Gasteiger charge is -2.25. The van der Waals surface area contributed by atoms with E-state index in [9.17, 15) is 14.4 Å². The Kier molecular flexibility index (Phi) is 3.01. The molecule has 3 rings (SSSR count). The second kappa shape index (κ2) is 4.71. The number of carbonyl (C=O) groups is 3. The van der Waals surface area contributed by atoms with Gasteiger partial charge in [-0.05, 0) is 12.5 Å². The average Bonchev–Trinajstić information content (AvgIpc) is 2.73. The van der Waals surface area contributed by atoms with Crippen molar-refractivity contribution in [3.05, 3.63) is 41.0 Å². The number of rotatable bonds is 3. The first-order chi connectivity index (χ1) is 9.65. The van der Waals surface area contributed by atoms with Gasteiger partial charge in [0.1, 0.15) is 0 Å². The largest absolute Gasteiger partial charge is 0.306 e. The number of benzene rings is 1. The predicted molar refractivity (Wildman–Crippen MR) is 73.9 cm³/mol. The molecule has 1 amide bonds. The molecule has 1 aromatic carbocycles. The highest BCUT2D eigenvalue weighted by atomic mass is 16.2. The van der Waals surface area contributed by atoms with Crippen LogP contribution in [0.15, 0.2) is 29.8 Å². The number of fused-ring (bicyclic) bond motifs is 3. The standard InChI is InChI=1S/C16H15NO3/c1-2-5-12(18)14-13(19)8-9-17-15(14)10-6-3-4-7-11(10)16(17)20/h3-4,6-7H,2,5,8-9H2,1H3. The third kappa shape index (κ3) is 1.72. The van der Waals surface area contributed by atoms with Crippen LogP contribution < -0.4 is 0 Å². The number of amides is 1. The van der Waals surface area contributed by atoms with Crippen molar-refractivity contribution in [3.63, 3.8) is 0 Å². The van der Waals surface area contributed by atoms with E-state index in [0.717, 1.165) is 0 Å². The number of hydrogen-bond acceptors (Lipinski definition) is 3. The molecule has 2 heterocycles. The van der Waals surface area contributed by atoms with E-state index in [1.165, 1.54) is 0 Å². The van der Waals surface area contributed by atoms with Crippen molar-refractivity contribution in [2.45, 2.75) is 26.2 Å². The highest BCUT2D eigenvalue weighted by molar-refractivity contribution is 6.29. The minimum Gasteiger partial charge on any atom is -0.306 e. The molecule has 0 unspecified atom stereocenters. The van der Waals surface area contributed by atoms with Gasteiger partial charge in [0.05, 0.1) is 11.3 Å². The van der Waals surface area contributed by atoms with Crippen LogP contribution in [0.4, 0.5) is 0 Å². The summed E-state index contributed by atoms with van der Waals surface area (Å²) >= 11 is 0. The molecule has 0 bridgehead atoms. The van der Waals surface area contributed by atoms with E-state index in [2.05, 4.69) is 0 Å². The summed E-state index contributed by atoms with van der Waals surface area (Å²) in [5.74, 6) is -0.397. The third-order valence-corrected chi connectivity index (χ3v) is 3.76. The van der Waals surface area contributed by atoms with Crippen LogP contribution >= 0.6 is 0 Å². The maximum absolute atomic E-state index is 12.3. The summed E-state index contributed by atoms with van der Waals surface area (Å²) in [6, 6.07) is 7.17. The monoisotopic (exact) mass is 269 g/mol. The summed E-state index contributed by atoms with van der Waals surface area (Å²) < 4.78 is 0. The van der Waals surface area contributed by atoms with Gasteiger partial charge in [0.15, 0.2) is 11.6 Å². The first kappa shape index (κ1) is 12.8. The molecule has 0 radical (unpaired) electrons. The first-order valence-electron chi connectivity index (χ1n) is 6.87. The van der Waals surface area contributed by atoms with Crippen LogP contribution in [0.1, 0.15) is 42.1 Å². The molecule has 102 valence electrons. The van der Waals surface area contributed by atoms with Crippen molar-refractivity contribution < 1.29 is 14.4 Å². The molecule has 0 spiro atoms. The maximum atomic E-state index is 12.3. The van der Waals surface area contributed by atoms with Gasteiger partial charge in [0.25, 0.3) is 5.91 Å². The van der Waals surface area contributed by atoms with Crippen molar-refractivity contribution in [2.75, 3.05) is 6.54 Å². The molecule has 2 aliphatic heterocycles. The quantitative estimate of drug-likeness (QED) is 0.790. The Hall–Kier alpha value is -2.23. The smallest absolute Gasteiger partial charge is 0.259 e. The molecule has 4 nitrogen and oxygen atoms in total. The fraction of sp³-hybridized carbons (Fsp3) is 0.312. The molecular weight excluding hydrogens is 254 g/mol. The zero-order chi connectivity index (χ0) is 14.3. The van der Waals surface area contributed by atoms with Crippen molar-refractivity contribution >= 4 is 23.2 Å². The zero-order valence-electron chi connectivity index (χ0n) is 11.3. The van der Waals surface area contributed by atoms with E-state index in [-0.39, 0.29) is 29.5 Å². The second-order valence-corrected chi connectivity index (χ2v) is 5.07. The minimum atomic E-state index is -0.151. The Morgan fingerprint density at radius 2 is 1.90 bits per heavy atom. The van der Waals surface area contributed by atoms with Crippen LogP contribution in [-0.2, 0) is 9.59 Å². The van der Waals surface area contributed by atoms with Gasteiger partial charge in [-0.2, -0.15) is 0 Å². The summed E-state index contributed by atoms with van der Waals surface area (Å²) in [6.07, 6.45) is 1.27. The normalized spacial score (nSPS) is 17.4. The molecule has 4 heteroatoms. The fourth-order valence-corrected chi connectivity index (χ4v) is 2.86. The van der Waals surface area contributed by atoms with Crippen LogP contribution in [0.3, 0.4) is 0 Å². The van der Waals surface area contributed by atoms with Gasteiger partial charge in [-0.25, -0.2) is 0 Å². The molecular formula is C16H15NO3. The highest BCUT2D eigenvalue weighted by Gasteiger charge is 2.40. The molecule has 0 saturated heterocycles. The lowest BCUT2D eigenvalue weighted by Crippen LogP contribution is -2.34. The summed E-state index contributed by atoms with van der Waals surface area (Å²) in [6.45, 7) is 2.27. The van der Waals surface area contributed by atoms with Crippen molar-refractivity contribution in [2.24, 2.45) is 0 Å². The highest BCUT2D eigenvalue weighted by Crippen LogP contribution is 2.38. The van der Waals surface area contributed by atoms with E-state index in [1.807, 2.05) is 13.0 Å². The molecule has 0 aliphatic carbocycles. The Morgan fingerprint density at radius 1 is 1.20 bits per heavy atom. The van der Waals surface area contributed by atoms with Gasteiger partial charge >= 0.3 is 0 Å². The van der Waals surface area contributed by atoms with E-state index in [4.69, 9.17) is 0 Å². The number of hydrogen-bond donors (Lipinski definition) is 0. The Balaban J connectivity index is 2.23. The van der Waals surface area contributed by atoms with Gasteiger partial charge in [-0.1, -0.05) is 25.1 Å². The number of carbonyl (C=O) groups excluding carboxylic acids is 3. The molecule has 2 aliphatic rings. The number of nitrogens with zero attached hydrogens (tertiary/aromatic N) is 1. The first-order valence-corrected chi connectivity index (χ1v) is 6.87. The van der Waals surface area contributed by atoms with Crippen LogP contribution in [0, 0.1) is 0 Å². The van der Waals surface area contributed by atoms with Crippen molar-refractivity contribution in [3.8, 4) is 0 Å². The Bertz CT molecular complexity index is 657. The average molecular weight is 269 g/mol. The lowest BCUT2D eigenvalue weighted by molar-refractivity contribution is -0.121. The van der Waals surface area contributed by atoms with E-state index < -0.39 is 0 Å². The Morgan fingerprint density at radius 3 is 2.60 bits per heavy atom. The van der Waals surface area contributed by atoms with Gasteiger partial charge in [-0.3, -0.25) is 14.4 Å². The van der Waals surface area contributed by atoms with E-state index in [1.54, 1.807) is 23.1 Å². The summed E-state index contributed by atoms with van der Waals surface area (Å²) in [7, 11) is 0. The molecule has 20 heavy (non-hydrogen) atoms. The van der Waals surface area contributed by atoms with E-state index in [0.29, 0.717) is 36.2 Å². The molecule has 0 aromatic heterocycles. The van der Waals surface area contributed by atoms with Crippen LogP contribution in [0.2, 0.25) is 0 Å². The summed E-state index contributed by atoms with van der Waals surface area (Å²) in [5, 5.41) is 0. The SMILES string of the molecule is CCCC(=O)C1=C2c3ccccc3C(=O)N2CCC1=O. The number of allylic oxidation sites excluding steroid dienone is 1. The van der Waals surface area contributed by atoms with Crippen LogP contribution in [0.5, 0.6) is 0 Å². The van der Waals surface area contributed by atoms with Crippen LogP contribution in [-0.4, -0.2) is 28.9 Å². The zero-order valence-corrected chi connectivity index (χ0v) is 11.3. The maximum Gasteiger partial charge on any atom is 0.259 e. The predicted octanol–water partition coefficient (Wildman–Crippen LogP) is 2.20. The van der Waals surface area contributed by atoms with Gasteiger partial charge < -0.3 is 4.90 Å². The minimum absolute atomic E-state index is 0.107. The molecule has 0 saturated carbocycles. The topological polar surface area (TPSA) is 54.5 Å². The summed E-state index contributed by atoms with van der Waals surface area (Å²) in [4.78, 5) is 38.3. The molecule has 0 fully saturated rings. The molecule has 1 aromatic rings. The molecule has 0 atom stereocenters. The Labute approximate surface area is 117 Å². The van der Waals surface area contributed by atoms with Crippen molar-refractivity contribution in [1.82, 2.24) is 4.90 Å². The lowest BCUT2D eigenvalue weighted by atomic mass is 9.93. The second-order valence-electron chi connectivity index (χ2n) is 5.07. The number of Topliss-reactive ketones (excluding diaryl/α,β-unsaturated/α-hetero) is 2. The van der Waals surface area contributed by atoms with Gasteiger partial charge in [0.2, 0.25) is 0 Å². The molecule has 0 N–H and O–H groups in total. The van der Waals surface area contributed by atoms with Crippen molar-refractivity contribution in [1.29, 1.82) is 0 Å². The van der Waals surface area contributed by atoms with Gasteiger partial charge in [0, 0.05) is 30.5 Å². The van der Waals surface area contributed by atoms with Crippen LogP contribution in [0.25, 0.3) is 5.70 Å². The summed E-state index contributed by atoms with van der Waals surface area (Å²) in [5.41, 5.74) is 2.04. The van der Waals surface area contributed by atoms with Gasteiger partial charge in [-0.15, -0.1) is 0 Å².